The van der Waals surface area contributed by atoms with Gasteiger partial charge in [0.15, 0.2) is 5.79 Å². The van der Waals surface area contributed by atoms with Crippen LogP contribution in [0.4, 0.5) is 0 Å². The maximum atomic E-state index is 9.55. The highest BCUT2D eigenvalue weighted by molar-refractivity contribution is 4.91. The molecule has 0 bridgehead atoms. The minimum absolute atomic E-state index is 0.217. The fraction of sp³-hybridized carbons (Fsp3) is 0.818. The van der Waals surface area contributed by atoms with E-state index < -0.39 is 6.10 Å². The molecule has 3 nitrogen and oxygen atoms in total. The second-order valence-electron chi connectivity index (χ2n) is 4.16. The second kappa shape index (κ2) is 4.01. The lowest BCUT2D eigenvalue weighted by Gasteiger charge is -2.32. The lowest BCUT2D eigenvalue weighted by Crippen LogP contribution is -2.35. The van der Waals surface area contributed by atoms with Crippen LogP contribution in [0, 0.1) is 0 Å². The zero-order chi connectivity index (χ0) is 10.0. The molecule has 2 fully saturated rings. The monoisotopic (exact) mass is 198 g/mol. The van der Waals surface area contributed by atoms with Crippen LogP contribution in [0.2, 0.25) is 0 Å². The molecule has 0 amide bonds. The lowest BCUT2D eigenvalue weighted by atomic mass is 9.94. The third-order valence-corrected chi connectivity index (χ3v) is 3.11. The van der Waals surface area contributed by atoms with Crippen molar-refractivity contribution in [3.63, 3.8) is 0 Å². The third kappa shape index (κ3) is 1.85. The molecule has 80 valence electrons. The van der Waals surface area contributed by atoms with Crippen LogP contribution in [0.3, 0.4) is 0 Å². The van der Waals surface area contributed by atoms with E-state index in [-0.39, 0.29) is 11.9 Å². The standard InChI is InChI=1S/C11H18O3/c1-2-9(12)10-8-13-11(14-10)6-4-3-5-7-11/h2,9-10,12H,1,3-8H2/t9?,10-/m1/s1. The predicted molar refractivity (Wildman–Crippen MR) is 52.8 cm³/mol. The van der Waals surface area contributed by atoms with E-state index >= 15 is 0 Å². The molecule has 2 aliphatic rings. The molecule has 0 radical (unpaired) electrons. The summed E-state index contributed by atoms with van der Waals surface area (Å²) in [6, 6.07) is 0. The molecule has 1 spiro atoms. The van der Waals surface area contributed by atoms with Gasteiger partial charge in [-0.25, -0.2) is 0 Å². The van der Waals surface area contributed by atoms with Crippen LogP contribution < -0.4 is 0 Å². The van der Waals surface area contributed by atoms with Gasteiger partial charge in [-0.1, -0.05) is 12.5 Å². The molecule has 0 aromatic rings. The van der Waals surface area contributed by atoms with Crippen molar-refractivity contribution in [3.8, 4) is 0 Å². The highest BCUT2D eigenvalue weighted by Gasteiger charge is 2.43. The molecule has 1 saturated carbocycles. The van der Waals surface area contributed by atoms with Crippen molar-refractivity contribution >= 4 is 0 Å². The molecular formula is C11H18O3. The van der Waals surface area contributed by atoms with E-state index in [0.717, 1.165) is 25.7 Å². The highest BCUT2D eigenvalue weighted by atomic mass is 16.7. The first-order valence-corrected chi connectivity index (χ1v) is 5.38. The van der Waals surface area contributed by atoms with Crippen molar-refractivity contribution in [2.24, 2.45) is 0 Å². The number of rotatable bonds is 2. The summed E-state index contributed by atoms with van der Waals surface area (Å²) in [6.45, 7) is 4.05. The maximum absolute atomic E-state index is 9.55. The maximum Gasteiger partial charge on any atom is 0.169 e. The molecule has 1 aliphatic heterocycles. The summed E-state index contributed by atoms with van der Waals surface area (Å²) in [4.78, 5) is 0. The summed E-state index contributed by atoms with van der Waals surface area (Å²) < 4.78 is 11.5. The Bertz CT molecular complexity index is 209. The second-order valence-corrected chi connectivity index (χ2v) is 4.16. The SMILES string of the molecule is C=CC(O)[C@H]1COC2(CCCCC2)O1. The Morgan fingerprint density at radius 2 is 2.07 bits per heavy atom. The third-order valence-electron chi connectivity index (χ3n) is 3.11. The zero-order valence-electron chi connectivity index (χ0n) is 8.45. The summed E-state index contributed by atoms with van der Waals surface area (Å²) in [7, 11) is 0. The van der Waals surface area contributed by atoms with Gasteiger partial charge in [0, 0.05) is 12.8 Å². The zero-order valence-corrected chi connectivity index (χ0v) is 8.45. The Labute approximate surface area is 84.7 Å². The molecule has 14 heavy (non-hydrogen) atoms. The normalized spacial score (nSPS) is 33.1. The van der Waals surface area contributed by atoms with Gasteiger partial charge in [0.2, 0.25) is 0 Å². The van der Waals surface area contributed by atoms with Crippen molar-refractivity contribution < 1.29 is 14.6 Å². The highest BCUT2D eigenvalue weighted by Crippen LogP contribution is 2.38. The fourth-order valence-corrected chi connectivity index (χ4v) is 2.25. The van der Waals surface area contributed by atoms with E-state index in [1.165, 1.54) is 12.5 Å². The molecule has 0 aromatic carbocycles. The topological polar surface area (TPSA) is 38.7 Å². The van der Waals surface area contributed by atoms with Gasteiger partial charge in [-0.05, 0) is 12.8 Å². The molecule has 2 atom stereocenters. The molecule has 1 heterocycles. The number of ether oxygens (including phenoxy) is 2. The average Bonchev–Trinajstić information content (AvgIpc) is 2.62. The first-order valence-electron chi connectivity index (χ1n) is 5.38. The Balaban J connectivity index is 1.95. The number of aliphatic hydroxyl groups is 1. The molecule has 1 N–H and O–H groups in total. The first kappa shape index (κ1) is 10.1. The molecule has 1 unspecified atom stereocenters. The van der Waals surface area contributed by atoms with Crippen LogP contribution in [-0.2, 0) is 9.47 Å². The van der Waals surface area contributed by atoms with Gasteiger partial charge in [0.25, 0.3) is 0 Å². The average molecular weight is 198 g/mol. The van der Waals surface area contributed by atoms with Gasteiger partial charge in [-0.2, -0.15) is 0 Å². The smallest absolute Gasteiger partial charge is 0.169 e. The van der Waals surface area contributed by atoms with Crippen LogP contribution >= 0.6 is 0 Å². The van der Waals surface area contributed by atoms with E-state index in [9.17, 15) is 5.11 Å². The number of hydrogen-bond acceptors (Lipinski definition) is 3. The molecule has 0 aromatic heterocycles. The Morgan fingerprint density at radius 1 is 1.36 bits per heavy atom. The summed E-state index contributed by atoms with van der Waals surface area (Å²) in [5.41, 5.74) is 0. The molecule has 2 rings (SSSR count). The van der Waals surface area contributed by atoms with Crippen molar-refractivity contribution in [1.82, 2.24) is 0 Å². The van der Waals surface area contributed by atoms with Gasteiger partial charge in [-0.3, -0.25) is 0 Å². The van der Waals surface area contributed by atoms with E-state index in [2.05, 4.69) is 6.58 Å². The summed E-state index contributed by atoms with van der Waals surface area (Å²) in [6.07, 6.45) is 6.22. The summed E-state index contributed by atoms with van der Waals surface area (Å²) in [5.74, 6) is -0.382. The fourth-order valence-electron chi connectivity index (χ4n) is 2.25. The number of aliphatic hydroxyl groups excluding tert-OH is 1. The van der Waals surface area contributed by atoms with Gasteiger partial charge >= 0.3 is 0 Å². The van der Waals surface area contributed by atoms with E-state index in [4.69, 9.17) is 9.47 Å². The largest absolute Gasteiger partial charge is 0.386 e. The molecule has 1 aliphatic carbocycles. The van der Waals surface area contributed by atoms with Crippen molar-refractivity contribution in [3.05, 3.63) is 12.7 Å². The van der Waals surface area contributed by atoms with Gasteiger partial charge in [-0.15, -0.1) is 6.58 Å². The van der Waals surface area contributed by atoms with Gasteiger partial charge in [0.1, 0.15) is 12.2 Å². The van der Waals surface area contributed by atoms with E-state index in [1.54, 1.807) is 0 Å². The first-order chi connectivity index (χ1) is 6.76. The minimum Gasteiger partial charge on any atom is -0.386 e. The van der Waals surface area contributed by atoms with Crippen LogP contribution in [0.25, 0.3) is 0 Å². The quantitative estimate of drug-likeness (QED) is 0.685. The lowest BCUT2D eigenvalue weighted by molar-refractivity contribution is -0.193. The van der Waals surface area contributed by atoms with Crippen molar-refractivity contribution in [2.75, 3.05) is 6.61 Å². The van der Waals surface area contributed by atoms with E-state index in [0.29, 0.717) is 6.61 Å². The van der Waals surface area contributed by atoms with Crippen LogP contribution in [0.15, 0.2) is 12.7 Å². The Morgan fingerprint density at radius 3 is 2.71 bits per heavy atom. The summed E-state index contributed by atoms with van der Waals surface area (Å²) in [5, 5.41) is 9.55. The van der Waals surface area contributed by atoms with E-state index in [1.807, 2.05) is 0 Å². The molecule has 1 saturated heterocycles. The predicted octanol–water partition coefficient (Wildman–Crippen LogP) is 1.61. The Kier molecular flexibility index (Phi) is 2.91. The molecular weight excluding hydrogens is 180 g/mol. The van der Waals surface area contributed by atoms with Crippen molar-refractivity contribution in [2.45, 2.75) is 50.1 Å². The summed E-state index contributed by atoms with van der Waals surface area (Å²) >= 11 is 0. The Hall–Kier alpha value is -0.380. The number of hydrogen-bond donors (Lipinski definition) is 1. The van der Waals surface area contributed by atoms with Crippen molar-refractivity contribution in [1.29, 1.82) is 0 Å². The minimum atomic E-state index is -0.601. The van der Waals surface area contributed by atoms with Gasteiger partial charge < -0.3 is 14.6 Å². The van der Waals surface area contributed by atoms with Crippen LogP contribution in [-0.4, -0.2) is 29.7 Å². The van der Waals surface area contributed by atoms with Crippen LogP contribution in [0.5, 0.6) is 0 Å². The van der Waals surface area contributed by atoms with Gasteiger partial charge in [0.05, 0.1) is 6.61 Å². The van der Waals surface area contributed by atoms with Crippen LogP contribution in [0.1, 0.15) is 32.1 Å². The molecule has 3 heteroatoms.